The molecule has 1 aliphatic rings. The molecule has 3 rings (SSSR count). The minimum atomic E-state index is -3.73. The van der Waals surface area contributed by atoms with E-state index in [1.165, 1.54) is 10.9 Å². The highest BCUT2D eigenvalue weighted by molar-refractivity contribution is 7.89. The van der Waals surface area contributed by atoms with E-state index in [0.717, 1.165) is 11.3 Å². The van der Waals surface area contributed by atoms with Crippen molar-refractivity contribution >= 4 is 33.0 Å². The van der Waals surface area contributed by atoms with Crippen molar-refractivity contribution in [1.29, 1.82) is 0 Å². The van der Waals surface area contributed by atoms with E-state index in [1.807, 2.05) is 23.4 Å². The van der Waals surface area contributed by atoms with Crippen molar-refractivity contribution in [3.05, 3.63) is 46.2 Å². The Morgan fingerprint density at radius 3 is 2.80 bits per heavy atom. The molecular formula is C17H21N3O3S2. The van der Waals surface area contributed by atoms with Gasteiger partial charge in [-0.15, -0.1) is 11.3 Å². The molecule has 1 aromatic heterocycles. The van der Waals surface area contributed by atoms with E-state index in [0.29, 0.717) is 19.5 Å². The van der Waals surface area contributed by atoms with E-state index >= 15 is 0 Å². The van der Waals surface area contributed by atoms with Crippen LogP contribution in [0.2, 0.25) is 0 Å². The fourth-order valence-corrected chi connectivity index (χ4v) is 4.41. The normalized spacial score (nSPS) is 15.4. The number of nitrogens with two attached hydrogens (primary N) is 1. The summed E-state index contributed by atoms with van der Waals surface area (Å²) in [5, 5.41) is 7.21. The number of carbonyl (C=O) groups excluding carboxylic acids is 1. The average molecular weight is 380 g/mol. The Balaban J connectivity index is 1.73. The van der Waals surface area contributed by atoms with Crippen LogP contribution in [0.3, 0.4) is 0 Å². The number of nitrogens with zero attached hydrogens (tertiary/aromatic N) is 2. The van der Waals surface area contributed by atoms with Crippen molar-refractivity contribution in [2.75, 3.05) is 25.0 Å². The monoisotopic (exact) mass is 379 g/mol. The van der Waals surface area contributed by atoms with Crippen LogP contribution < -0.4 is 10.0 Å². The number of anilines is 1. The van der Waals surface area contributed by atoms with Crippen LogP contribution in [-0.4, -0.2) is 39.4 Å². The Hall–Kier alpha value is -1.74. The Bertz CT molecular complexity index is 879. The lowest BCUT2D eigenvalue weighted by atomic mass is 10.2. The lowest BCUT2D eigenvalue weighted by Gasteiger charge is -2.26. The largest absolute Gasteiger partial charge is 0.311 e. The summed E-state index contributed by atoms with van der Waals surface area (Å²) in [6.45, 7) is 2.94. The van der Waals surface area contributed by atoms with Crippen molar-refractivity contribution < 1.29 is 13.2 Å². The van der Waals surface area contributed by atoms with Crippen LogP contribution in [0.1, 0.15) is 23.4 Å². The number of thiophene rings is 1. The number of amides is 1. The number of likely N-dealkylation sites (N-methyl/N-ethyl adjacent to an activating group) is 1. The Morgan fingerprint density at radius 1 is 1.40 bits per heavy atom. The lowest BCUT2D eigenvalue weighted by Crippen LogP contribution is -2.38. The van der Waals surface area contributed by atoms with Crippen LogP contribution in [0.25, 0.3) is 0 Å². The van der Waals surface area contributed by atoms with E-state index in [4.69, 9.17) is 5.14 Å². The van der Waals surface area contributed by atoms with Crippen molar-refractivity contribution in [3.63, 3.8) is 0 Å². The third-order valence-corrected chi connectivity index (χ3v) is 6.53. The Kier molecular flexibility index (Phi) is 4.97. The quantitative estimate of drug-likeness (QED) is 0.861. The second-order valence-corrected chi connectivity index (χ2v) is 8.78. The second-order valence-electron chi connectivity index (χ2n) is 6.24. The molecule has 0 bridgehead atoms. The summed E-state index contributed by atoms with van der Waals surface area (Å²) in [4.78, 5) is 17.8. The first kappa shape index (κ1) is 18.1. The van der Waals surface area contributed by atoms with Crippen molar-refractivity contribution in [2.24, 2.45) is 5.14 Å². The third-order valence-electron chi connectivity index (χ3n) is 4.58. The molecule has 2 N–H and O–H groups in total. The van der Waals surface area contributed by atoms with Gasteiger partial charge in [0.15, 0.2) is 0 Å². The zero-order valence-corrected chi connectivity index (χ0v) is 15.8. The highest BCUT2D eigenvalue weighted by Crippen LogP contribution is 2.30. The molecule has 2 aromatic rings. The van der Waals surface area contributed by atoms with Gasteiger partial charge in [0.1, 0.15) is 0 Å². The molecule has 6 nitrogen and oxygen atoms in total. The van der Waals surface area contributed by atoms with Crippen LogP contribution in [0.15, 0.2) is 40.6 Å². The van der Waals surface area contributed by atoms with Gasteiger partial charge in [0, 0.05) is 23.2 Å². The lowest BCUT2D eigenvalue weighted by molar-refractivity contribution is -0.119. The highest BCUT2D eigenvalue weighted by Gasteiger charge is 2.27. The molecule has 0 aliphatic carbocycles. The molecule has 1 amide bonds. The molecular weight excluding hydrogens is 358 g/mol. The van der Waals surface area contributed by atoms with Gasteiger partial charge in [-0.2, -0.15) is 0 Å². The topological polar surface area (TPSA) is 83.7 Å². The van der Waals surface area contributed by atoms with Crippen LogP contribution in [0, 0.1) is 0 Å². The molecule has 0 fully saturated rings. The fourth-order valence-electron chi connectivity index (χ4n) is 3.00. The van der Waals surface area contributed by atoms with Crippen LogP contribution in [0.5, 0.6) is 0 Å². The Morgan fingerprint density at radius 2 is 2.16 bits per heavy atom. The average Bonchev–Trinajstić information content (AvgIpc) is 3.22. The van der Waals surface area contributed by atoms with E-state index in [9.17, 15) is 13.2 Å². The zero-order valence-electron chi connectivity index (χ0n) is 14.2. The summed E-state index contributed by atoms with van der Waals surface area (Å²) in [6, 6.07) is 8.93. The number of hydrogen-bond acceptors (Lipinski definition) is 5. The molecule has 1 aromatic carbocycles. The van der Waals surface area contributed by atoms with Gasteiger partial charge in [-0.05, 0) is 55.6 Å². The number of rotatable bonds is 5. The highest BCUT2D eigenvalue weighted by atomic mass is 32.2. The maximum absolute atomic E-state index is 12.7. The first-order valence-electron chi connectivity index (χ1n) is 7.97. The number of sulfonamides is 1. The maximum Gasteiger partial charge on any atom is 0.241 e. The number of fused-ring (bicyclic) bond motifs is 1. The van der Waals surface area contributed by atoms with Crippen LogP contribution >= 0.6 is 11.3 Å². The van der Waals surface area contributed by atoms with Crippen LogP contribution in [0.4, 0.5) is 5.69 Å². The van der Waals surface area contributed by atoms with E-state index in [2.05, 4.69) is 13.0 Å². The third kappa shape index (κ3) is 3.77. The predicted octanol–water partition coefficient (Wildman–Crippen LogP) is 1.98. The van der Waals surface area contributed by atoms with Crippen LogP contribution in [-0.2, 0) is 21.2 Å². The van der Waals surface area contributed by atoms with E-state index < -0.39 is 10.0 Å². The summed E-state index contributed by atoms with van der Waals surface area (Å²) in [7, 11) is -1.79. The molecule has 0 unspecified atom stereocenters. The SMILES string of the molecule is C[C@@H](c1cccs1)N(C)CC(=O)N1CCc2cc(S(N)(=O)=O)ccc21. The van der Waals surface area contributed by atoms with E-state index in [1.54, 1.807) is 28.4 Å². The molecule has 25 heavy (non-hydrogen) atoms. The van der Waals surface area contributed by atoms with Gasteiger partial charge in [-0.1, -0.05) is 6.07 Å². The van der Waals surface area contributed by atoms with Gasteiger partial charge >= 0.3 is 0 Å². The molecule has 0 saturated heterocycles. The molecule has 0 saturated carbocycles. The number of carbonyl (C=O) groups is 1. The van der Waals surface area contributed by atoms with Gasteiger partial charge in [0.25, 0.3) is 0 Å². The van der Waals surface area contributed by atoms with E-state index in [-0.39, 0.29) is 16.8 Å². The van der Waals surface area contributed by atoms with Crippen molar-refractivity contribution in [3.8, 4) is 0 Å². The number of primary sulfonamides is 1. The predicted molar refractivity (Wildman–Crippen MR) is 99.2 cm³/mol. The van der Waals surface area contributed by atoms with Gasteiger partial charge in [-0.25, -0.2) is 13.6 Å². The fraction of sp³-hybridized carbons (Fsp3) is 0.353. The van der Waals surface area contributed by atoms with Gasteiger partial charge in [-0.3, -0.25) is 9.69 Å². The minimum absolute atomic E-state index is 0.00742. The van der Waals surface area contributed by atoms with Gasteiger partial charge in [0.2, 0.25) is 15.9 Å². The standard InChI is InChI=1S/C17H21N3O3S2/c1-12(16-4-3-9-24-16)19(2)11-17(21)20-8-7-13-10-14(25(18,22)23)5-6-15(13)20/h3-6,9-10,12H,7-8,11H2,1-2H3,(H2,18,22,23)/t12-/m0/s1. The summed E-state index contributed by atoms with van der Waals surface area (Å²) >= 11 is 1.68. The van der Waals surface area contributed by atoms with Crippen molar-refractivity contribution in [1.82, 2.24) is 4.90 Å². The minimum Gasteiger partial charge on any atom is -0.311 e. The molecule has 0 radical (unpaired) electrons. The summed E-state index contributed by atoms with van der Waals surface area (Å²) in [6.07, 6.45) is 0.634. The molecule has 1 aliphatic heterocycles. The van der Waals surface area contributed by atoms with Gasteiger partial charge < -0.3 is 4.90 Å². The Labute approximate surface area is 151 Å². The second kappa shape index (κ2) is 6.87. The van der Waals surface area contributed by atoms with Gasteiger partial charge in [0.05, 0.1) is 11.4 Å². The molecule has 0 spiro atoms. The zero-order chi connectivity index (χ0) is 18.2. The molecule has 1 atom stereocenters. The summed E-state index contributed by atoms with van der Waals surface area (Å²) in [5.74, 6) is 0.00742. The molecule has 2 heterocycles. The van der Waals surface area contributed by atoms with Crippen molar-refractivity contribution in [2.45, 2.75) is 24.3 Å². The molecule has 134 valence electrons. The summed E-state index contributed by atoms with van der Waals surface area (Å²) < 4.78 is 22.9. The summed E-state index contributed by atoms with van der Waals surface area (Å²) in [5.41, 5.74) is 1.61. The first-order chi connectivity index (χ1) is 11.8. The smallest absolute Gasteiger partial charge is 0.241 e. The number of benzene rings is 1. The first-order valence-corrected chi connectivity index (χ1v) is 10.4. The maximum atomic E-state index is 12.7. The number of hydrogen-bond donors (Lipinski definition) is 1. The molecule has 8 heteroatoms.